The van der Waals surface area contributed by atoms with Crippen LogP contribution in [0, 0.1) is 6.92 Å². The van der Waals surface area contributed by atoms with Crippen molar-refractivity contribution in [2.75, 3.05) is 21.3 Å². The van der Waals surface area contributed by atoms with Gasteiger partial charge in [-0.3, -0.25) is 20.4 Å². The van der Waals surface area contributed by atoms with E-state index < -0.39 is 5.91 Å². The highest BCUT2D eigenvalue weighted by atomic mass is 32.1. The Morgan fingerprint density at radius 3 is 2.19 bits per heavy atom. The first-order chi connectivity index (χ1) is 12.5. The predicted octanol–water partition coefficient (Wildman–Crippen LogP) is 2.72. The lowest BCUT2D eigenvalue weighted by Crippen LogP contribution is -2.41. The molecule has 8 heteroatoms. The van der Waals surface area contributed by atoms with E-state index in [9.17, 15) is 9.59 Å². The van der Waals surface area contributed by atoms with E-state index in [1.54, 1.807) is 6.07 Å². The average Bonchev–Trinajstić information content (AvgIpc) is 3.05. The number of hydrazine groups is 1. The van der Waals surface area contributed by atoms with Crippen LogP contribution in [0.1, 0.15) is 37.4 Å². The molecule has 0 saturated carbocycles. The first kappa shape index (κ1) is 19.6. The molecule has 0 fully saturated rings. The summed E-state index contributed by atoms with van der Waals surface area (Å²) in [5, 5.41) is 0. The van der Waals surface area contributed by atoms with Gasteiger partial charge in [-0.15, -0.1) is 11.3 Å². The van der Waals surface area contributed by atoms with E-state index >= 15 is 0 Å². The van der Waals surface area contributed by atoms with Crippen molar-refractivity contribution in [3.8, 4) is 17.2 Å². The number of aryl methyl sites for hydroxylation is 2. The fourth-order valence-electron chi connectivity index (χ4n) is 2.51. The van der Waals surface area contributed by atoms with Crippen LogP contribution in [0.2, 0.25) is 0 Å². The molecular formula is C18H22N2O5S. The predicted molar refractivity (Wildman–Crippen MR) is 99.5 cm³/mol. The highest BCUT2D eigenvalue weighted by molar-refractivity contribution is 7.14. The molecule has 1 aromatic carbocycles. The van der Waals surface area contributed by atoms with E-state index in [-0.39, 0.29) is 17.2 Å². The number of methoxy groups -OCH3 is 3. The van der Waals surface area contributed by atoms with E-state index in [1.165, 1.54) is 38.7 Å². The van der Waals surface area contributed by atoms with Crippen molar-refractivity contribution >= 4 is 23.2 Å². The monoisotopic (exact) mass is 378 g/mol. The largest absolute Gasteiger partial charge is 0.493 e. The molecule has 2 rings (SSSR count). The molecule has 2 amide bonds. The van der Waals surface area contributed by atoms with Crippen molar-refractivity contribution in [3.63, 3.8) is 0 Å². The van der Waals surface area contributed by atoms with Gasteiger partial charge in [0.2, 0.25) is 5.75 Å². The highest BCUT2D eigenvalue weighted by Crippen LogP contribution is 2.39. The molecule has 1 aromatic heterocycles. The van der Waals surface area contributed by atoms with Crippen LogP contribution < -0.4 is 25.1 Å². The molecule has 26 heavy (non-hydrogen) atoms. The van der Waals surface area contributed by atoms with Crippen LogP contribution in [-0.4, -0.2) is 33.1 Å². The fraction of sp³-hybridized carbons (Fsp3) is 0.333. The summed E-state index contributed by atoms with van der Waals surface area (Å²) in [5.74, 6) is 0.0612. The van der Waals surface area contributed by atoms with Gasteiger partial charge < -0.3 is 14.2 Å². The lowest BCUT2D eigenvalue weighted by molar-refractivity contribution is 0.0846. The normalized spacial score (nSPS) is 10.2. The number of nitrogens with one attached hydrogen (secondary N) is 2. The minimum absolute atomic E-state index is 0.210. The van der Waals surface area contributed by atoms with E-state index in [4.69, 9.17) is 14.2 Å². The summed E-state index contributed by atoms with van der Waals surface area (Å²) in [6.45, 7) is 3.99. The molecule has 0 aliphatic heterocycles. The smallest absolute Gasteiger partial charge is 0.279 e. The van der Waals surface area contributed by atoms with E-state index in [2.05, 4.69) is 10.9 Å². The maximum Gasteiger partial charge on any atom is 0.279 e. The van der Waals surface area contributed by atoms with Crippen molar-refractivity contribution < 1.29 is 23.8 Å². The highest BCUT2D eigenvalue weighted by Gasteiger charge is 2.21. The number of hydrogen-bond donors (Lipinski definition) is 2. The Hall–Kier alpha value is -2.74. The Morgan fingerprint density at radius 2 is 1.65 bits per heavy atom. The molecule has 0 aliphatic rings. The van der Waals surface area contributed by atoms with Crippen molar-refractivity contribution in [3.05, 3.63) is 39.1 Å². The summed E-state index contributed by atoms with van der Waals surface area (Å²) in [7, 11) is 4.37. The summed E-state index contributed by atoms with van der Waals surface area (Å²) in [5.41, 5.74) is 6.10. The third kappa shape index (κ3) is 3.91. The molecule has 0 aliphatic carbocycles. The Bertz CT molecular complexity index is 816. The van der Waals surface area contributed by atoms with Crippen LogP contribution >= 0.6 is 11.3 Å². The second kappa shape index (κ2) is 8.57. The van der Waals surface area contributed by atoms with E-state index in [1.807, 2.05) is 19.9 Å². The summed E-state index contributed by atoms with van der Waals surface area (Å²) in [6, 6.07) is 4.93. The summed E-state index contributed by atoms with van der Waals surface area (Å²) < 4.78 is 15.7. The molecule has 2 aromatic rings. The molecule has 7 nitrogen and oxygen atoms in total. The van der Waals surface area contributed by atoms with Crippen LogP contribution in [0.25, 0.3) is 0 Å². The van der Waals surface area contributed by atoms with Gasteiger partial charge in [0.1, 0.15) is 0 Å². The molecule has 0 unspecified atom stereocenters. The molecule has 0 radical (unpaired) electrons. The van der Waals surface area contributed by atoms with Crippen LogP contribution in [0.5, 0.6) is 17.2 Å². The zero-order valence-electron chi connectivity index (χ0n) is 15.4. The summed E-state index contributed by atoms with van der Waals surface area (Å²) >= 11 is 1.41. The van der Waals surface area contributed by atoms with Gasteiger partial charge in [0, 0.05) is 4.88 Å². The fourth-order valence-corrected chi connectivity index (χ4v) is 3.51. The zero-order chi connectivity index (χ0) is 19.3. The van der Waals surface area contributed by atoms with Gasteiger partial charge in [-0.25, -0.2) is 0 Å². The maximum absolute atomic E-state index is 12.5. The molecule has 0 saturated heterocycles. The number of carbonyl (C=O) groups is 2. The van der Waals surface area contributed by atoms with Gasteiger partial charge in [-0.2, -0.15) is 0 Å². The molecule has 140 valence electrons. The number of rotatable bonds is 6. The van der Waals surface area contributed by atoms with E-state index in [0.717, 1.165) is 16.9 Å². The minimum atomic E-state index is -0.528. The Balaban J connectivity index is 2.15. The second-order valence-corrected chi connectivity index (χ2v) is 6.50. The van der Waals surface area contributed by atoms with Crippen molar-refractivity contribution in [2.45, 2.75) is 20.3 Å². The van der Waals surface area contributed by atoms with Gasteiger partial charge in [0.25, 0.3) is 11.8 Å². The topological polar surface area (TPSA) is 85.9 Å². The van der Waals surface area contributed by atoms with E-state index in [0.29, 0.717) is 16.4 Å². The Morgan fingerprint density at radius 1 is 1.00 bits per heavy atom. The summed E-state index contributed by atoms with van der Waals surface area (Å²) in [6.07, 6.45) is 0.860. The number of carbonyl (C=O) groups excluding carboxylic acids is 2. The lowest BCUT2D eigenvalue weighted by Gasteiger charge is -2.15. The van der Waals surface area contributed by atoms with Crippen molar-refractivity contribution in [1.29, 1.82) is 0 Å². The van der Waals surface area contributed by atoms with Crippen molar-refractivity contribution in [2.24, 2.45) is 0 Å². The molecule has 2 N–H and O–H groups in total. The lowest BCUT2D eigenvalue weighted by atomic mass is 10.1. The number of thiophene rings is 1. The molecule has 0 spiro atoms. The average molecular weight is 378 g/mol. The standard InChI is InChI=1S/C18H22N2O5S/c1-6-13-10(2)9-14(26-13)18(22)20-19-17(21)11-7-8-12(23-3)16(25-5)15(11)24-4/h7-9H,6H2,1-5H3,(H,19,21)(H,20,22). The van der Waals surface area contributed by atoms with Gasteiger partial charge >= 0.3 is 0 Å². The first-order valence-electron chi connectivity index (χ1n) is 7.95. The van der Waals surface area contributed by atoms with Gasteiger partial charge in [-0.1, -0.05) is 6.92 Å². The van der Waals surface area contributed by atoms with Gasteiger partial charge in [0.15, 0.2) is 11.5 Å². The second-order valence-electron chi connectivity index (χ2n) is 5.36. The molecule has 1 heterocycles. The zero-order valence-corrected chi connectivity index (χ0v) is 16.2. The van der Waals surface area contributed by atoms with Gasteiger partial charge in [-0.05, 0) is 37.1 Å². The number of benzene rings is 1. The molecule has 0 bridgehead atoms. The number of ether oxygens (including phenoxy) is 3. The van der Waals surface area contributed by atoms with Crippen LogP contribution in [0.3, 0.4) is 0 Å². The number of hydrogen-bond acceptors (Lipinski definition) is 6. The Kier molecular flexibility index (Phi) is 6.46. The Labute approximate surface area is 156 Å². The first-order valence-corrected chi connectivity index (χ1v) is 8.77. The maximum atomic E-state index is 12.5. The SMILES string of the molecule is CCc1sc(C(=O)NNC(=O)c2ccc(OC)c(OC)c2OC)cc1C. The number of amides is 2. The summed E-state index contributed by atoms with van der Waals surface area (Å²) in [4.78, 5) is 26.4. The molecule has 0 atom stereocenters. The van der Waals surface area contributed by atoms with Crippen LogP contribution in [-0.2, 0) is 6.42 Å². The third-order valence-corrected chi connectivity index (χ3v) is 5.18. The van der Waals surface area contributed by atoms with Crippen molar-refractivity contribution in [1.82, 2.24) is 10.9 Å². The van der Waals surface area contributed by atoms with Gasteiger partial charge in [0.05, 0.1) is 31.8 Å². The van der Waals surface area contributed by atoms with Crippen LogP contribution in [0.4, 0.5) is 0 Å². The van der Waals surface area contributed by atoms with Crippen LogP contribution in [0.15, 0.2) is 18.2 Å². The third-order valence-electron chi connectivity index (χ3n) is 3.80. The molecular weight excluding hydrogens is 356 g/mol. The quantitative estimate of drug-likeness (QED) is 0.755. The minimum Gasteiger partial charge on any atom is -0.493 e.